The number of unbranched alkanes of at least 4 members (excludes halogenated alkanes) is 1. The average Bonchev–Trinajstić information content (AvgIpc) is 2.92. The van der Waals surface area contributed by atoms with Crippen LogP contribution in [0.4, 0.5) is 5.69 Å². The monoisotopic (exact) mass is 569 g/mol. The van der Waals surface area contributed by atoms with Gasteiger partial charge in [-0.05, 0) is 30.7 Å². The molecule has 0 bridgehead atoms. The van der Waals surface area contributed by atoms with Crippen LogP contribution in [0.25, 0.3) is 0 Å². The van der Waals surface area contributed by atoms with Gasteiger partial charge in [-0.2, -0.15) is 0 Å². The number of rotatable bonds is 18. The third-order valence-corrected chi connectivity index (χ3v) is 5.82. The van der Waals surface area contributed by atoms with Gasteiger partial charge >= 0.3 is 0 Å². The molecule has 39 heavy (non-hydrogen) atoms. The minimum Gasteiger partial charge on any atom is -0.491 e. The molecule has 1 aromatic rings. The van der Waals surface area contributed by atoms with E-state index < -0.39 is 12.1 Å². The first kappa shape index (κ1) is 32.3. The number of methoxy groups -OCH3 is 1. The van der Waals surface area contributed by atoms with Crippen LogP contribution in [0.3, 0.4) is 0 Å². The van der Waals surface area contributed by atoms with E-state index in [1.54, 1.807) is 24.1 Å². The molecule has 0 fully saturated rings. The molecular formula is C25H40ClN7O6. The van der Waals surface area contributed by atoms with E-state index >= 15 is 0 Å². The number of nitrogens with two attached hydrogens (primary N) is 3. The predicted molar refractivity (Wildman–Crippen MR) is 150 cm³/mol. The van der Waals surface area contributed by atoms with Crippen LogP contribution in [0.2, 0.25) is 0 Å². The Balaban J connectivity index is 1.88. The van der Waals surface area contributed by atoms with E-state index in [-0.39, 0.29) is 22.6 Å². The number of halogens is 1. The molecule has 0 spiro atoms. The number of nitrogens with zero attached hydrogens (tertiary/aromatic N) is 3. The molecule has 1 atom stereocenters. The van der Waals surface area contributed by atoms with E-state index in [0.29, 0.717) is 70.8 Å². The smallest absolute Gasteiger partial charge is 0.271 e. The summed E-state index contributed by atoms with van der Waals surface area (Å²) in [5, 5.41) is 8.77. The predicted octanol–water partition coefficient (Wildman–Crippen LogP) is 1.15. The number of primary amides is 1. The summed E-state index contributed by atoms with van der Waals surface area (Å²) < 4.78 is 26.9. The molecule has 0 aromatic heterocycles. The van der Waals surface area contributed by atoms with Crippen LogP contribution in [0.1, 0.15) is 19.8 Å². The van der Waals surface area contributed by atoms with Crippen LogP contribution >= 0.6 is 11.6 Å². The highest BCUT2D eigenvalue weighted by Crippen LogP contribution is 2.25. The molecule has 13 nitrogen and oxygen atoms in total. The van der Waals surface area contributed by atoms with Crippen molar-refractivity contribution < 1.29 is 28.5 Å². The van der Waals surface area contributed by atoms with Gasteiger partial charge in [0.15, 0.2) is 5.70 Å². The van der Waals surface area contributed by atoms with Gasteiger partial charge in [0.25, 0.3) is 5.91 Å². The maximum atomic E-state index is 11.8. The van der Waals surface area contributed by atoms with Crippen LogP contribution in [0.15, 0.2) is 40.8 Å². The number of hydrogen-bond acceptors (Lipinski definition) is 10. The molecule has 218 valence electrons. The molecular weight excluding hydrogens is 530 g/mol. The normalized spacial score (nSPS) is 15.3. The Bertz CT molecular complexity index is 976. The molecule has 0 aliphatic carbocycles. The van der Waals surface area contributed by atoms with Crippen molar-refractivity contribution in [3.8, 4) is 5.75 Å². The number of ether oxygens (including phenoxy) is 5. The lowest BCUT2D eigenvalue weighted by molar-refractivity contribution is -0.114. The van der Waals surface area contributed by atoms with E-state index in [9.17, 15) is 4.79 Å². The lowest BCUT2D eigenvalue weighted by Crippen LogP contribution is -2.57. The Morgan fingerprint density at radius 2 is 1.62 bits per heavy atom. The molecule has 1 unspecified atom stereocenters. The molecule has 0 saturated heterocycles. The zero-order valence-electron chi connectivity index (χ0n) is 22.6. The molecule has 1 aliphatic heterocycles. The fourth-order valence-corrected chi connectivity index (χ4v) is 3.64. The van der Waals surface area contributed by atoms with Gasteiger partial charge in [-0.25, -0.2) is 4.99 Å². The first-order chi connectivity index (χ1) is 18.8. The van der Waals surface area contributed by atoms with Crippen LogP contribution in [0.5, 0.6) is 5.75 Å². The molecule has 1 amide bonds. The van der Waals surface area contributed by atoms with Gasteiger partial charge in [0.05, 0.1) is 46.2 Å². The Kier molecular flexibility index (Phi) is 14.6. The maximum absolute atomic E-state index is 11.8. The average molecular weight is 570 g/mol. The number of carbonyl (C=O) groups excluding carboxylic acids is 1. The summed E-state index contributed by atoms with van der Waals surface area (Å²) in [6.45, 7) is 6.38. The topological polar surface area (TPSA) is 184 Å². The number of benzene rings is 1. The summed E-state index contributed by atoms with van der Waals surface area (Å²) in [6.07, 6.45) is 0.651. The Morgan fingerprint density at radius 3 is 2.15 bits per heavy atom. The van der Waals surface area contributed by atoms with E-state index in [4.69, 9.17) is 57.9 Å². The Labute approximate surface area is 234 Å². The highest BCUT2D eigenvalue weighted by molar-refractivity contribution is 6.67. The molecule has 2 rings (SSSR count). The molecule has 14 heteroatoms. The summed E-state index contributed by atoms with van der Waals surface area (Å²) in [6, 6.07) is 7.24. The molecule has 1 aromatic carbocycles. The highest BCUT2D eigenvalue weighted by Gasteiger charge is 2.34. The number of nitrogens with one attached hydrogen (secondary N) is 1. The number of anilines is 1. The van der Waals surface area contributed by atoms with Gasteiger partial charge in [0, 0.05) is 19.3 Å². The van der Waals surface area contributed by atoms with Crippen LogP contribution in [-0.2, 0) is 23.7 Å². The van der Waals surface area contributed by atoms with Crippen molar-refractivity contribution in [2.24, 2.45) is 22.2 Å². The molecule has 7 N–H and O–H groups in total. The fraction of sp³-hybridized carbons (Fsp3) is 0.560. The maximum Gasteiger partial charge on any atom is 0.271 e. The molecule has 0 radical (unpaired) electrons. The summed E-state index contributed by atoms with van der Waals surface area (Å²) in [7, 11) is 1.63. The Morgan fingerprint density at radius 1 is 1.05 bits per heavy atom. The van der Waals surface area contributed by atoms with Crippen molar-refractivity contribution >= 4 is 34.3 Å². The summed E-state index contributed by atoms with van der Waals surface area (Å²) in [4.78, 5) is 18.6. The number of hydrogen-bond donors (Lipinski definition) is 4. The SMILES string of the molecule is CCCCN(C(=N)N1C(N)=C(C(N)=O)N=C(Cl)C1N)c1ccc(OCCOCCOCCOCCOC)cc1. The first-order valence-electron chi connectivity index (χ1n) is 12.7. The van der Waals surface area contributed by atoms with Crippen LogP contribution in [0, 0.1) is 5.41 Å². The lowest BCUT2D eigenvalue weighted by atomic mass is 10.2. The third-order valence-electron chi connectivity index (χ3n) is 5.52. The molecule has 1 heterocycles. The van der Waals surface area contributed by atoms with E-state index in [0.717, 1.165) is 12.8 Å². The van der Waals surface area contributed by atoms with Crippen molar-refractivity contribution in [2.45, 2.75) is 25.9 Å². The second kappa shape index (κ2) is 17.6. The standard InChI is InChI=1S/C25H40ClN7O6/c1-3-4-9-32(25(30)33-22(27)20(24(29)34)31-21(26)23(33)28)18-5-7-19(8-6-18)39-17-16-38-15-14-37-13-12-36-11-10-35-2/h5-8,23,30H,3-4,9-17,27-28H2,1-2H3,(H2,29,34). The molecule has 1 aliphatic rings. The molecule has 0 saturated carbocycles. The van der Waals surface area contributed by atoms with Crippen molar-refractivity contribution in [1.29, 1.82) is 5.41 Å². The number of aliphatic imine (C=N–C) groups is 1. The van der Waals surface area contributed by atoms with Crippen molar-refractivity contribution in [3.63, 3.8) is 0 Å². The number of amides is 1. The van der Waals surface area contributed by atoms with Crippen molar-refractivity contribution in [1.82, 2.24) is 4.90 Å². The van der Waals surface area contributed by atoms with Crippen LogP contribution < -0.4 is 26.8 Å². The first-order valence-corrected chi connectivity index (χ1v) is 13.1. The van der Waals surface area contributed by atoms with E-state index in [2.05, 4.69) is 4.99 Å². The van der Waals surface area contributed by atoms with Gasteiger partial charge in [-0.15, -0.1) is 0 Å². The third kappa shape index (κ3) is 10.3. The highest BCUT2D eigenvalue weighted by atomic mass is 35.5. The van der Waals surface area contributed by atoms with E-state index in [1.807, 2.05) is 19.1 Å². The second-order valence-electron chi connectivity index (χ2n) is 8.35. The Hall–Kier alpha value is -2.94. The van der Waals surface area contributed by atoms with Crippen LogP contribution in [-0.4, -0.2) is 94.6 Å². The van der Waals surface area contributed by atoms with Gasteiger partial charge in [0.2, 0.25) is 5.96 Å². The summed E-state index contributed by atoms with van der Waals surface area (Å²) >= 11 is 6.14. The zero-order chi connectivity index (χ0) is 28.6. The minimum atomic E-state index is -1.03. The second-order valence-corrected chi connectivity index (χ2v) is 8.74. The minimum absolute atomic E-state index is 0.0638. The van der Waals surface area contributed by atoms with Gasteiger partial charge in [-0.1, -0.05) is 24.9 Å². The van der Waals surface area contributed by atoms with Gasteiger partial charge in [-0.3, -0.25) is 15.1 Å². The van der Waals surface area contributed by atoms with E-state index in [1.165, 1.54) is 4.90 Å². The summed E-state index contributed by atoms with van der Waals surface area (Å²) in [5.74, 6) is -0.413. The van der Waals surface area contributed by atoms with Gasteiger partial charge < -0.3 is 45.8 Å². The lowest BCUT2D eigenvalue weighted by Gasteiger charge is -2.38. The van der Waals surface area contributed by atoms with Crippen molar-refractivity contribution in [2.75, 3.05) is 71.4 Å². The summed E-state index contributed by atoms with van der Waals surface area (Å²) in [5.41, 5.74) is 18.1. The fourth-order valence-electron chi connectivity index (χ4n) is 3.46. The largest absolute Gasteiger partial charge is 0.491 e. The van der Waals surface area contributed by atoms with Crippen molar-refractivity contribution in [3.05, 3.63) is 35.8 Å². The zero-order valence-corrected chi connectivity index (χ0v) is 23.3. The quantitative estimate of drug-likeness (QED) is 0.114. The van der Waals surface area contributed by atoms with Gasteiger partial charge in [0.1, 0.15) is 29.5 Å². The number of guanidine groups is 1. The number of carbonyl (C=O) groups is 1.